The number of carbonyl (C=O) groups is 2. The molecule has 16 heavy (non-hydrogen) atoms. The first-order valence-corrected chi connectivity index (χ1v) is 5.75. The van der Waals surface area contributed by atoms with E-state index < -0.39 is 5.97 Å². The summed E-state index contributed by atoms with van der Waals surface area (Å²) in [5, 5.41) is 11.3. The minimum Gasteiger partial charge on any atom is -0.481 e. The van der Waals surface area contributed by atoms with E-state index in [1.165, 1.54) is 17.7 Å². The zero-order valence-corrected chi connectivity index (χ0v) is 9.90. The standard InChI is InChI=1S/C11H20N2O3/c1-3-8-6-9(8)7-12-11(16)13(2)5-4-10(14)15/h8-9H,3-7H2,1-2H3,(H,12,16)(H,14,15)/t8-,9+/m1/s1. The van der Waals surface area contributed by atoms with Crippen LogP contribution in [0.5, 0.6) is 0 Å². The van der Waals surface area contributed by atoms with Crippen LogP contribution in [0, 0.1) is 11.8 Å². The van der Waals surface area contributed by atoms with Crippen LogP contribution in [0.25, 0.3) is 0 Å². The molecule has 1 aliphatic carbocycles. The fraction of sp³-hybridized carbons (Fsp3) is 0.818. The summed E-state index contributed by atoms with van der Waals surface area (Å²) in [7, 11) is 1.61. The molecule has 0 heterocycles. The summed E-state index contributed by atoms with van der Waals surface area (Å²) < 4.78 is 0. The summed E-state index contributed by atoms with van der Waals surface area (Å²) >= 11 is 0. The Bertz CT molecular complexity index is 268. The number of nitrogens with one attached hydrogen (secondary N) is 1. The van der Waals surface area contributed by atoms with Crippen LogP contribution in [0.1, 0.15) is 26.2 Å². The minimum absolute atomic E-state index is 0.00899. The summed E-state index contributed by atoms with van der Waals surface area (Å²) in [6.07, 6.45) is 2.37. The Labute approximate surface area is 95.8 Å². The molecular formula is C11H20N2O3. The lowest BCUT2D eigenvalue weighted by Gasteiger charge is -2.16. The number of carboxylic acids is 1. The summed E-state index contributed by atoms with van der Waals surface area (Å²) in [6, 6.07) is -0.178. The van der Waals surface area contributed by atoms with Crippen LogP contribution in [0.2, 0.25) is 0 Å². The number of carboxylic acid groups (broad SMARTS) is 1. The van der Waals surface area contributed by atoms with E-state index in [1.807, 2.05) is 0 Å². The number of amides is 2. The molecule has 5 heteroatoms. The summed E-state index contributed by atoms with van der Waals surface area (Å²) in [4.78, 5) is 23.2. The number of nitrogens with zero attached hydrogens (tertiary/aromatic N) is 1. The van der Waals surface area contributed by atoms with Crippen molar-refractivity contribution in [3.8, 4) is 0 Å². The third-order valence-electron chi connectivity index (χ3n) is 3.12. The van der Waals surface area contributed by atoms with Crippen molar-refractivity contribution >= 4 is 12.0 Å². The Kier molecular flexibility index (Phi) is 4.58. The molecule has 1 fully saturated rings. The Morgan fingerprint density at radius 3 is 2.62 bits per heavy atom. The Morgan fingerprint density at radius 2 is 2.12 bits per heavy atom. The third kappa shape index (κ3) is 4.08. The van der Waals surface area contributed by atoms with Gasteiger partial charge in [0.05, 0.1) is 6.42 Å². The highest BCUT2D eigenvalue weighted by Gasteiger charge is 2.35. The summed E-state index contributed by atoms with van der Waals surface area (Å²) in [5.41, 5.74) is 0. The van der Waals surface area contributed by atoms with Gasteiger partial charge in [0.15, 0.2) is 0 Å². The molecule has 0 radical (unpaired) electrons. The van der Waals surface area contributed by atoms with Crippen molar-refractivity contribution in [2.24, 2.45) is 11.8 Å². The molecule has 1 rings (SSSR count). The Balaban J connectivity index is 2.12. The Hall–Kier alpha value is -1.26. The molecule has 0 spiro atoms. The zero-order valence-electron chi connectivity index (χ0n) is 9.90. The maximum atomic E-state index is 11.5. The number of rotatable bonds is 6. The van der Waals surface area contributed by atoms with Gasteiger partial charge in [0.25, 0.3) is 0 Å². The van der Waals surface area contributed by atoms with E-state index in [9.17, 15) is 9.59 Å². The molecule has 0 bridgehead atoms. The van der Waals surface area contributed by atoms with Crippen molar-refractivity contribution in [3.05, 3.63) is 0 Å². The van der Waals surface area contributed by atoms with Crippen molar-refractivity contribution in [3.63, 3.8) is 0 Å². The molecule has 0 aromatic carbocycles. The van der Waals surface area contributed by atoms with Crippen LogP contribution in [0.3, 0.4) is 0 Å². The number of aliphatic carboxylic acids is 1. The van der Waals surface area contributed by atoms with Crippen molar-refractivity contribution in [1.29, 1.82) is 0 Å². The van der Waals surface area contributed by atoms with Gasteiger partial charge in [-0.3, -0.25) is 4.79 Å². The van der Waals surface area contributed by atoms with Crippen molar-refractivity contribution in [2.75, 3.05) is 20.1 Å². The number of carbonyl (C=O) groups excluding carboxylic acids is 1. The predicted octanol–water partition coefficient (Wildman–Crippen LogP) is 1.15. The van der Waals surface area contributed by atoms with Crippen LogP contribution in [0.15, 0.2) is 0 Å². The van der Waals surface area contributed by atoms with E-state index in [0.29, 0.717) is 5.92 Å². The first-order chi connectivity index (χ1) is 7.54. The third-order valence-corrected chi connectivity index (χ3v) is 3.12. The molecular weight excluding hydrogens is 208 g/mol. The second-order valence-corrected chi connectivity index (χ2v) is 4.42. The summed E-state index contributed by atoms with van der Waals surface area (Å²) in [5.74, 6) is 0.513. The molecule has 0 unspecified atom stereocenters. The van der Waals surface area contributed by atoms with Crippen molar-refractivity contribution in [1.82, 2.24) is 10.2 Å². The molecule has 92 valence electrons. The highest BCUT2D eigenvalue weighted by molar-refractivity contribution is 5.75. The van der Waals surface area contributed by atoms with Crippen LogP contribution in [-0.2, 0) is 4.79 Å². The lowest BCUT2D eigenvalue weighted by molar-refractivity contribution is -0.137. The molecule has 1 saturated carbocycles. The normalized spacial score (nSPS) is 22.6. The summed E-state index contributed by atoms with van der Waals surface area (Å²) in [6.45, 7) is 3.13. The van der Waals surface area contributed by atoms with Gasteiger partial charge in [-0.1, -0.05) is 13.3 Å². The van der Waals surface area contributed by atoms with E-state index in [2.05, 4.69) is 12.2 Å². The lowest BCUT2D eigenvalue weighted by Crippen LogP contribution is -2.39. The molecule has 0 saturated heterocycles. The van der Waals surface area contributed by atoms with E-state index in [1.54, 1.807) is 7.05 Å². The van der Waals surface area contributed by atoms with E-state index in [-0.39, 0.29) is 19.0 Å². The van der Waals surface area contributed by atoms with Gasteiger partial charge in [0.2, 0.25) is 0 Å². The first-order valence-electron chi connectivity index (χ1n) is 5.75. The quantitative estimate of drug-likeness (QED) is 0.716. The van der Waals surface area contributed by atoms with Gasteiger partial charge in [-0.15, -0.1) is 0 Å². The van der Waals surface area contributed by atoms with Gasteiger partial charge >= 0.3 is 12.0 Å². The van der Waals surface area contributed by atoms with Gasteiger partial charge in [-0.25, -0.2) is 4.79 Å². The zero-order chi connectivity index (χ0) is 12.1. The van der Waals surface area contributed by atoms with Gasteiger partial charge in [0, 0.05) is 20.1 Å². The van der Waals surface area contributed by atoms with Gasteiger partial charge < -0.3 is 15.3 Å². The topological polar surface area (TPSA) is 69.6 Å². The first kappa shape index (κ1) is 12.8. The average Bonchev–Trinajstić information content (AvgIpc) is 3.01. The van der Waals surface area contributed by atoms with Gasteiger partial charge in [-0.05, 0) is 18.3 Å². The second kappa shape index (κ2) is 5.72. The fourth-order valence-electron chi connectivity index (χ4n) is 1.78. The van der Waals surface area contributed by atoms with E-state index in [4.69, 9.17) is 5.11 Å². The van der Waals surface area contributed by atoms with Crippen LogP contribution < -0.4 is 5.32 Å². The number of hydrogen-bond acceptors (Lipinski definition) is 2. The molecule has 2 N–H and O–H groups in total. The smallest absolute Gasteiger partial charge is 0.317 e. The largest absolute Gasteiger partial charge is 0.481 e. The number of urea groups is 1. The maximum Gasteiger partial charge on any atom is 0.317 e. The molecule has 2 atom stereocenters. The molecule has 2 amide bonds. The maximum absolute atomic E-state index is 11.5. The Morgan fingerprint density at radius 1 is 1.44 bits per heavy atom. The predicted molar refractivity (Wildman–Crippen MR) is 60.2 cm³/mol. The number of hydrogen-bond donors (Lipinski definition) is 2. The van der Waals surface area contributed by atoms with Crippen LogP contribution in [-0.4, -0.2) is 42.1 Å². The van der Waals surface area contributed by atoms with E-state index in [0.717, 1.165) is 12.5 Å². The molecule has 0 aliphatic heterocycles. The monoisotopic (exact) mass is 228 g/mol. The molecule has 1 aliphatic rings. The van der Waals surface area contributed by atoms with Crippen molar-refractivity contribution < 1.29 is 14.7 Å². The minimum atomic E-state index is -0.882. The average molecular weight is 228 g/mol. The van der Waals surface area contributed by atoms with E-state index >= 15 is 0 Å². The fourth-order valence-corrected chi connectivity index (χ4v) is 1.78. The highest BCUT2D eigenvalue weighted by Crippen LogP contribution is 2.40. The highest BCUT2D eigenvalue weighted by atomic mass is 16.4. The second-order valence-electron chi connectivity index (χ2n) is 4.42. The van der Waals surface area contributed by atoms with Gasteiger partial charge in [0.1, 0.15) is 0 Å². The SMILES string of the molecule is CC[C@@H]1C[C@H]1CNC(=O)N(C)CCC(=O)O. The lowest BCUT2D eigenvalue weighted by atomic mass is 10.2. The van der Waals surface area contributed by atoms with Crippen LogP contribution >= 0.6 is 0 Å². The molecule has 0 aromatic rings. The van der Waals surface area contributed by atoms with Crippen LogP contribution in [0.4, 0.5) is 4.79 Å². The van der Waals surface area contributed by atoms with Gasteiger partial charge in [-0.2, -0.15) is 0 Å². The van der Waals surface area contributed by atoms with Crippen molar-refractivity contribution in [2.45, 2.75) is 26.2 Å². The molecule has 5 nitrogen and oxygen atoms in total. The molecule has 0 aromatic heterocycles.